The molecular formula is C12H18BrN3O. The van der Waals surface area contributed by atoms with Gasteiger partial charge in [0.2, 0.25) is 0 Å². The maximum absolute atomic E-state index is 5.52. The molecule has 0 aliphatic carbocycles. The first-order chi connectivity index (χ1) is 8.31. The molecule has 3 heterocycles. The van der Waals surface area contributed by atoms with E-state index >= 15 is 0 Å². The molecule has 2 fully saturated rings. The molecule has 1 N–H and O–H groups in total. The number of hydrogen-bond acceptors (Lipinski definition) is 4. The molecule has 1 aromatic heterocycles. The number of hydrogen-bond donors (Lipinski definition) is 1. The van der Waals surface area contributed by atoms with Gasteiger partial charge >= 0.3 is 0 Å². The van der Waals surface area contributed by atoms with Gasteiger partial charge in [-0.15, -0.1) is 0 Å². The first-order valence-corrected chi connectivity index (χ1v) is 7.02. The van der Waals surface area contributed by atoms with E-state index in [1.165, 1.54) is 26.2 Å². The Bertz CT molecular complexity index is 370. The van der Waals surface area contributed by atoms with E-state index in [1.54, 1.807) is 0 Å². The summed E-state index contributed by atoms with van der Waals surface area (Å²) >= 11 is 3.34. The van der Waals surface area contributed by atoms with Gasteiger partial charge in [-0.2, -0.15) is 0 Å². The highest BCUT2D eigenvalue weighted by molar-refractivity contribution is 9.10. The van der Waals surface area contributed by atoms with E-state index in [0.717, 1.165) is 36.1 Å². The van der Waals surface area contributed by atoms with Crippen molar-refractivity contribution in [3.05, 3.63) is 22.6 Å². The maximum Gasteiger partial charge on any atom is 0.169 e. The van der Waals surface area contributed by atoms with Crippen molar-refractivity contribution in [3.63, 3.8) is 0 Å². The molecule has 4 nitrogen and oxygen atoms in total. The van der Waals surface area contributed by atoms with Crippen molar-refractivity contribution in [1.82, 2.24) is 15.1 Å². The van der Waals surface area contributed by atoms with Gasteiger partial charge in [0, 0.05) is 45.3 Å². The average molecular weight is 300 g/mol. The second kappa shape index (κ2) is 5.10. The Morgan fingerprint density at radius 1 is 1.29 bits per heavy atom. The number of furan rings is 1. The third-order valence-electron chi connectivity index (χ3n) is 3.61. The highest BCUT2D eigenvalue weighted by atomic mass is 79.9. The molecule has 5 heteroatoms. The third-order valence-corrected chi connectivity index (χ3v) is 4.04. The highest BCUT2D eigenvalue weighted by Gasteiger charge is 2.32. The van der Waals surface area contributed by atoms with Crippen molar-refractivity contribution < 1.29 is 4.42 Å². The van der Waals surface area contributed by atoms with Crippen LogP contribution in [0.1, 0.15) is 5.76 Å². The normalized spacial score (nSPS) is 23.8. The molecule has 0 saturated carbocycles. The molecule has 0 unspecified atom stereocenters. The van der Waals surface area contributed by atoms with Crippen molar-refractivity contribution in [3.8, 4) is 0 Å². The van der Waals surface area contributed by atoms with E-state index in [4.69, 9.17) is 4.42 Å². The molecule has 0 aromatic carbocycles. The summed E-state index contributed by atoms with van der Waals surface area (Å²) < 4.78 is 6.35. The van der Waals surface area contributed by atoms with Crippen LogP contribution in [0.5, 0.6) is 0 Å². The quantitative estimate of drug-likeness (QED) is 0.907. The SMILES string of the molecule is Brc1ccc(CN2CC(N3CCNCC3)C2)o1. The summed E-state index contributed by atoms with van der Waals surface area (Å²) in [6.45, 7) is 7.98. The first-order valence-electron chi connectivity index (χ1n) is 6.22. The van der Waals surface area contributed by atoms with Gasteiger partial charge in [0.25, 0.3) is 0 Å². The lowest BCUT2D eigenvalue weighted by molar-refractivity contribution is 0.0184. The number of nitrogens with one attached hydrogen (secondary N) is 1. The fraction of sp³-hybridized carbons (Fsp3) is 0.667. The van der Waals surface area contributed by atoms with Crippen molar-refractivity contribution in [1.29, 1.82) is 0 Å². The van der Waals surface area contributed by atoms with Crippen LogP contribution in [-0.2, 0) is 6.54 Å². The van der Waals surface area contributed by atoms with Crippen LogP contribution in [0.4, 0.5) is 0 Å². The highest BCUT2D eigenvalue weighted by Crippen LogP contribution is 2.21. The number of likely N-dealkylation sites (tertiary alicyclic amines) is 1. The molecule has 2 aliphatic rings. The summed E-state index contributed by atoms with van der Waals surface area (Å²) in [5, 5.41) is 3.40. The summed E-state index contributed by atoms with van der Waals surface area (Å²) in [6, 6.07) is 4.76. The Hall–Kier alpha value is -0.360. The lowest BCUT2D eigenvalue weighted by Crippen LogP contribution is -2.62. The maximum atomic E-state index is 5.52. The Morgan fingerprint density at radius 3 is 2.71 bits per heavy atom. The number of rotatable bonds is 3. The zero-order valence-electron chi connectivity index (χ0n) is 9.86. The number of piperazine rings is 1. The molecule has 2 aliphatic heterocycles. The molecule has 2 saturated heterocycles. The third kappa shape index (κ3) is 2.73. The zero-order valence-corrected chi connectivity index (χ0v) is 11.4. The van der Waals surface area contributed by atoms with Gasteiger partial charge in [-0.3, -0.25) is 9.80 Å². The average Bonchev–Trinajstić information content (AvgIpc) is 2.70. The molecule has 0 radical (unpaired) electrons. The molecular weight excluding hydrogens is 282 g/mol. The van der Waals surface area contributed by atoms with E-state index < -0.39 is 0 Å². The van der Waals surface area contributed by atoms with Gasteiger partial charge in [0.15, 0.2) is 4.67 Å². The van der Waals surface area contributed by atoms with Gasteiger partial charge in [-0.05, 0) is 28.1 Å². The smallest absolute Gasteiger partial charge is 0.169 e. The molecule has 0 bridgehead atoms. The van der Waals surface area contributed by atoms with Crippen LogP contribution in [0, 0.1) is 0 Å². The molecule has 1 aromatic rings. The van der Waals surface area contributed by atoms with Crippen molar-refractivity contribution in [2.45, 2.75) is 12.6 Å². The second-order valence-corrected chi connectivity index (χ2v) is 5.62. The molecule has 94 valence electrons. The molecule has 0 atom stereocenters. The summed E-state index contributed by atoms with van der Waals surface area (Å²) in [5.41, 5.74) is 0. The van der Waals surface area contributed by atoms with Crippen molar-refractivity contribution >= 4 is 15.9 Å². The van der Waals surface area contributed by atoms with Gasteiger partial charge in [0.05, 0.1) is 6.54 Å². The first kappa shape index (κ1) is 11.7. The molecule has 0 spiro atoms. The van der Waals surface area contributed by atoms with Crippen LogP contribution in [-0.4, -0.2) is 55.1 Å². The number of nitrogens with zero attached hydrogens (tertiary/aromatic N) is 2. The fourth-order valence-corrected chi connectivity index (χ4v) is 2.95. The van der Waals surface area contributed by atoms with Crippen LogP contribution < -0.4 is 5.32 Å². The summed E-state index contributed by atoms with van der Waals surface area (Å²) in [7, 11) is 0. The summed E-state index contributed by atoms with van der Waals surface area (Å²) in [6.07, 6.45) is 0. The van der Waals surface area contributed by atoms with Crippen LogP contribution in [0.2, 0.25) is 0 Å². The van der Waals surface area contributed by atoms with Crippen LogP contribution in [0.15, 0.2) is 21.2 Å². The van der Waals surface area contributed by atoms with Crippen LogP contribution in [0.3, 0.4) is 0 Å². The Kier molecular flexibility index (Phi) is 3.51. The molecule has 3 rings (SSSR count). The lowest BCUT2D eigenvalue weighted by atomic mass is 10.1. The van der Waals surface area contributed by atoms with E-state index in [2.05, 4.69) is 31.0 Å². The standard InChI is InChI=1S/C12H18BrN3O/c13-12-2-1-11(17-12)9-15-7-10(8-15)16-5-3-14-4-6-16/h1-2,10,14H,3-9H2. The molecule has 0 amide bonds. The predicted octanol–water partition coefficient (Wildman–Crippen LogP) is 1.13. The van der Waals surface area contributed by atoms with Gasteiger partial charge in [-0.1, -0.05) is 0 Å². The summed E-state index contributed by atoms with van der Waals surface area (Å²) in [5.74, 6) is 1.05. The largest absolute Gasteiger partial charge is 0.453 e. The number of halogens is 1. The lowest BCUT2D eigenvalue weighted by Gasteiger charge is -2.46. The topological polar surface area (TPSA) is 31.6 Å². The van der Waals surface area contributed by atoms with Crippen LogP contribution >= 0.6 is 15.9 Å². The minimum absolute atomic E-state index is 0.760. The summed E-state index contributed by atoms with van der Waals surface area (Å²) in [4.78, 5) is 5.04. The van der Waals surface area contributed by atoms with Crippen molar-refractivity contribution in [2.24, 2.45) is 0 Å². The minimum atomic E-state index is 0.760. The van der Waals surface area contributed by atoms with Crippen molar-refractivity contribution in [2.75, 3.05) is 39.3 Å². The molecule has 17 heavy (non-hydrogen) atoms. The predicted molar refractivity (Wildman–Crippen MR) is 69.9 cm³/mol. The van der Waals surface area contributed by atoms with Gasteiger partial charge in [0.1, 0.15) is 5.76 Å². The van der Waals surface area contributed by atoms with E-state index in [9.17, 15) is 0 Å². The fourth-order valence-electron chi connectivity index (χ4n) is 2.61. The van der Waals surface area contributed by atoms with Gasteiger partial charge in [-0.25, -0.2) is 0 Å². The second-order valence-electron chi connectivity index (χ2n) is 4.84. The van der Waals surface area contributed by atoms with E-state index in [1.807, 2.05) is 12.1 Å². The zero-order chi connectivity index (χ0) is 11.7. The Balaban J connectivity index is 1.45. The Morgan fingerprint density at radius 2 is 2.06 bits per heavy atom. The van der Waals surface area contributed by atoms with Gasteiger partial charge < -0.3 is 9.73 Å². The Labute approximate surface area is 110 Å². The minimum Gasteiger partial charge on any atom is -0.453 e. The van der Waals surface area contributed by atoms with E-state index in [-0.39, 0.29) is 0 Å². The van der Waals surface area contributed by atoms with Crippen LogP contribution in [0.25, 0.3) is 0 Å². The van der Waals surface area contributed by atoms with E-state index in [0.29, 0.717) is 0 Å². The monoisotopic (exact) mass is 299 g/mol.